The Hall–Kier alpha value is -0.600. The van der Waals surface area contributed by atoms with E-state index in [2.05, 4.69) is 5.32 Å². The first-order valence-corrected chi connectivity index (χ1v) is 5.77. The number of methoxy groups -OCH3 is 1. The van der Waals surface area contributed by atoms with E-state index in [1.54, 1.807) is 6.07 Å². The fraction of sp³-hybridized carbons (Fsp3) is 0.400. The highest BCUT2D eigenvalue weighted by Crippen LogP contribution is 2.24. The van der Waals surface area contributed by atoms with Crippen molar-refractivity contribution in [3.63, 3.8) is 0 Å². The fourth-order valence-corrected chi connectivity index (χ4v) is 1.74. The minimum absolute atomic E-state index is 0.110. The standard InChI is InChI=1S/C10H14FIN2O2/c1-16-5-6(4-15)14-10-2-7(11)8(12)3-9(10)13/h2-3,6,14-15H,4-5,13H2,1H3. The number of nitrogens with one attached hydrogen (secondary N) is 1. The second kappa shape index (κ2) is 6.21. The van der Waals surface area contributed by atoms with Crippen LogP contribution in [0.15, 0.2) is 12.1 Å². The topological polar surface area (TPSA) is 67.5 Å². The minimum Gasteiger partial charge on any atom is -0.397 e. The van der Waals surface area contributed by atoms with E-state index in [0.717, 1.165) is 0 Å². The van der Waals surface area contributed by atoms with E-state index in [9.17, 15) is 4.39 Å². The maximum atomic E-state index is 13.3. The van der Waals surface area contributed by atoms with E-state index in [1.165, 1.54) is 13.2 Å². The molecule has 0 saturated heterocycles. The summed E-state index contributed by atoms with van der Waals surface area (Å²) in [7, 11) is 1.53. The summed E-state index contributed by atoms with van der Waals surface area (Å²) in [6, 6.07) is 2.56. The molecular weight excluding hydrogens is 326 g/mol. The largest absolute Gasteiger partial charge is 0.397 e. The Bertz CT molecular complexity index is 363. The Labute approximate surface area is 107 Å². The smallest absolute Gasteiger partial charge is 0.138 e. The molecule has 0 heterocycles. The highest BCUT2D eigenvalue weighted by Gasteiger charge is 2.11. The molecule has 0 aliphatic rings. The van der Waals surface area contributed by atoms with Crippen LogP contribution in [0, 0.1) is 9.39 Å². The predicted octanol–water partition coefficient (Wildman–Crippen LogP) is 1.43. The van der Waals surface area contributed by atoms with Crippen LogP contribution in [0.4, 0.5) is 15.8 Å². The van der Waals surface area contributed by atoms with Gasteiger partial charge in [0.05, 0.1) is 34.2 Å². The van der Waals surface area contributed by atoms with Crippen molar-refractivity contribution in [2.45, 2.75) is 6.04 Å². The Balaban J connectivity index is 2.83. The maximum Gasteiger partial charge on any atom is 0.138 e. The molecule has 0 spiro atoms. The molecule has 1 aromatic rings. The summed E-state index contributed by atoms with van der Waals surface area (Å²) in [6.07, 6.45) is 0. The number of ether oxygens (including phenoxy) is 1. The van der Waals surface area contributed by atoms with Crippen LogP contribution >= 0.6 is 22.6 Å². The van der Waals surface area contributed by atoms with Crippen molar-refractivity contribution < 1.29 is 14.2 Å². The van der Waals surface area contributed by atoms with E-state index in [4.69, 9.17) is 15.6 Å². The number of aliphatic hydroxyl groups excluding tert-OH is 1. The molecule has 0 aliphatic heterocycles. The van der Waals surface area contributed by atoms with Gasteiger partial charge < -0.3 is 20.9 Å². The molecule has 0 amide bonds. The van der Waals surface area contributed by atoms with Crippen molar-refractivity contribution in [3.05, 3.63) is 21.5 Å². The first kappa shape index (κ1) is 13.5. The Morgan fingerprint density at radius 2 is 2.31 bits per heavy atom. The average Bonchev–Trinajstić information content (AvgIpc) is 2.25. The normalized spacial score (nSPS) is 12.5. The quantitative estimate of drug-likeness (QED) is 0.560. The van der Waals surface area contributed by atoms with E-state index < -0.39 is 0 Å². The lowest BCUT2D eigenvalue weighted by atomic mass is 10.2. The molecule has 1 unspecified atom stereocenters. The SMILES string of the molecule is COCC(CO)Nc1cc(F)c(I)cc1N. The lowest BCUT2D eigenvalue weighted by Crippen LogP contribution is -2.29. The zero-order valence-electron chi connectivity index (χ0n) is 8.84. The summed E-state index contributed by atoms with van der Waals surface area (Å²) >= 11 is 1.87. The summed E-state index contributed by atoms with van der Waals surface area (Å²) in [5.41, 5.74) is 6.64. The number of hydrogen-bond acceptors (Lipinski definition) is 4. The molecule has 90 valence electrons. The van der Waals surface area contributed by atoms with Crippen LogP contribution in [0.1, 0.15) is 0 Å². The molecular formula is C10H14FIN2O2. The van der Waals surface area contributed by atoms with Gasteiger partial charge in [0.1, 0.15) is 5.82 Å². The number of halogens is 2. The van der Waals surface area contributed by atoms with Gasteiger partial charge in [-0.1, -0.05) is 0 Å². The van der Waals surface area contributed by atoms with Gasteiger partial charge >= 0.3 is 0 Å². The first-order valence-electron chi connectivity index (χ1n) is 4.69. The molecule has 1 atom stereocenters. The summed E-state index contributed by atoms with van der Waals surface area (Å²) in [5, 5.41) is 12.0. The third-order valence-electron chi connectivity index (χ3n) is 2.04. The van der Waals surface area contributed by atoms with Crippen LogP contribution in [-0.2, 0) is 4.74 Å². The third kappa shape index (κ3) is 3.46. The molecule has 0 radical (unpaired) electrons. The fourth-order valence-electron chi connectivity index (χ4n) is 1.25. The Kier molecular flexibility index (Phi) is 5.23. The monoisotopic (exact) mass is 340 g/mol. The summed E-state index contributed by atoms with van der Waals surface area (Å²) < 4.78 is 18.7. The van der Waals surface area contributed by atoms with Crippen LogP contribution in [0.5, 0.6) is 0 Å². The van der Waals surface area contributed by atoms with Gasteiger partial charge in [0.25, 0.3) is 0 Å². The van der Waals surface area contributed by atoms with E-state index >= 15 is 0 Å². The molecule has 1 rings (SSSR count). The minimum atomic E-state index is -0.341. The van der Waals surface area contributed by atoms with Crippen molar-refractivity contribution in [1.29, 1.82) is 0 Å². The number of hydrogen-bond donors (Lipinski definition) is 3. The first-order chi connectivity index (χ1) is 7.58. The second-order valence-electron chi connectivity index (χ2n) is 3.33. The zero-order chi connectivity index (χ0) is 12.1. The number of rotatable bonds is 5. The molecule has 16 heavy (non-hydrogen) atoms. The predicted molar refractivity (Wildman–Crippen MR) is 69.9 cm³/mol. The van der Waals surface area contributed by atoms with Crippen LogP contribution in [0.3, 0.4) is 0 Å². The van der Waals surface area contributed by atoms with Crippen molar-refractivity contribution >= 4 is 34.0 Å². The van der Waals surface area contributed by atoms with E-state index in [-0.39, 0.29) is 18.5 Å². The molecule has 4 N–H and O–H groups in total. The number of nitrogens with two attached hydrogens (primary N) is 1. The van der Waals surface area contributed by atoms with Gasteiger partial charge in [-0.15, -0.1) is 0 Å². The average molecular weight is 340 g/mol. The number of aliphatic hydroxyl groups is 1. The van der Waals surface area contributed by atoms with E-state index in [1.807, 2.05) is 22.6 Å². The number of nitrogen functional groups attached to an aromatic ring is 1. The molecule has 0 bridgehead atoms. The summed E-state index contributed by atoms with van der Waals surface area (Å²) in [5.74, 6) is -0.341. The van der Waals surface area contributed by atoms with Crippen LogP contribution < -0.4 is 11.1 Å². The Morgan fingerprint density at radius 1 is 1.62 bits per heavy atom. The van der Waals surface area contributed by atoms with Crippen molar-refractivity contribution in [2.75, 3.05) is 31.4 Å². The van der Waals surface area contributed by atoms with Crippen LogP contribution in [0.2, 0.25) is 0 Å². The van der Waals surface area contributed by atoms with Crippen molar-refractivity contribution in [3.8, 4) is 0 Å². The van der Waals surface area contributed by atoms with Gasteiger partial charge in [-0.05, 0) is 28.7 Å². The Morgan fingerprint density at radius 3 is 2.88 bits per heavy atom. The molecule has 0 aromatic heterocycles. The van der Waals surface area contributed by atoms with Crippen molar-refractivity contribution in [1.82, 2.24) is 0 Å². The molecule has 4 nitrogen and oxygen atoms in total. The van der Waals surface area contributed by atoms with Gasteiger partial charge in [-0.3, -0.25) is 0 Å². The third-order valence-corrected chi connectivity index (χ3v) is 2.87. The lowest BCUT2D eigenvalue weighted by Gasteiger charge is -2.18. The molecule has 6 heteroatoms. The lowest BCUT2D eigenvalue weighted by molar-refractivity contribution is 0.153. The maximum absolute atomic E-state index is 13.3. The van der Waals surface area contributed by atoms with Gasteiger partial charge in [0, 0.05) is 13.2 Å². The summed E-state index contributed by atoms with van der Waals surface area (Å²) in [6.45, 7) is 0.213. The number of anilines is 2. The van der Waals surface area contributed by atoms with Crippen molar-refractivity contribution in [2.24, 2.45) is 0 Å². The number of benzene rings is 1. The second-order valence-corrected chi connectivity index (χ2v) is 4.49. The summed E-state index contributed by atoms with van der Waals surface area (Å²) in [4.78, 5) is 0. The van der Waals surface area contributed by atoms with Gasteiger partial charge in [0.2, 0.25) is 0 Å². The van der Waals surface area contributed by atoms with Crippen LogP contribution in [0.25, 0.3) is 0 Å². The highest BCUT2D eigenvalue weighted by atomic mass is 127. The zero-order valence-corrected chi connectivity index (χ0v) is 11.0. The molecule has 0 saturated carbocycles. The highest BCUT2D eigenvalue weighted by molar-refractivity contribution is 14.1. The van der Waals surface area contributed by atoms with Gasteiger partial charge in [-0.2, -0.15) is 0 Å². The van der Waals surface area contributed by atoms with Crippen LogP contribution in [-0.4, -0.2) is 31.5 Å². The van der Waals surface area contributed by atoms with Gasteiger partial charge in [-0.25, -0.2) is 4.39 Å². The molecule has 0 fully saturated rings. The molecule has 0 aliphatic carbocycles. The molecule has 1 aromatic carbocycles. The van der Waals surface area contributed by atoms with Gasteiger partial charge in [0.15, 0.2) is 0 Å². The van der Waals surface area contributed by atoms with E-state index in [0.29, 0.717) is 21.6 Å².